The van der Waals surface area contributed by atoms with Crippen molar-refractivity contribution in [3.8, 4) is 0 Å². The van der Waals surface area contributed by atoms with E-state index in [1.807, 2.05) is 6.92 Å². The molecule has 1 aliphatic rings. The Morgan fingerprint density at radius 2 is 2.12 bits per heavy atom. The van der Waals surface area contributed by atoms with Crippen LogP contribution in [-0.2, 0) is 19.0 Å². The van der Waals surface area contributed by atoms with E-state index in [2.05, 4.69) is 11.3 Å². The summed E-state index contributed by atoms with van der Waals surface area (Å²) < 4.78 is 15.2. The lowest BCUT2D eigenvalue weighted by Crippen LogP contribution is -2.28. The van der Waals surface area contributed by atoms with Gasteiger partial charge >= 0.3 is 5.97 Å². The minimum atomic E-state index is -0.919. The Labute approximate surface area is 95.0 Å². The molecule has 5 nitrogen and oxygen atoms in total. The zero-order chi connectivity index (χ0) is 12.2. The van der Waals surface area contributed by atoms with Crippen molar-refractivity contribution in [3.05, 3.63) is 12.2 Å². The van der Waals surface area contributed by atoms with Crippen molar-refractivity contribution in [2.75, 3.05) is 20.3 Å². The van der Waals surface area contributed by atoms with Gasteiger partial charge in [-0.15, -0.1) is 0 Å². The van der Waals surface area contributed by atoms with Crippen LogP contribution in [0.2, 0.25) is 0 Å². The molecule has 0 aromatic carbocycles. The van der Waals surface area contributed by atoms with E-state index in [0.717, 1.165) is 0 Å². The number of ether oxygens (including phenoxy) is 3. The van der Waals surface area contributed by atoms with Gasteiger partial charge < -0.3 is 19.3 Å². The van der Waals surface area contributed by atoms with Gasteiger partial charge in [0.2, 0.25) is 0 Å². The summed E-state index contributed by atoms with van der Waals surface area (Å²) in [6.07, 6.45) is -0.0636. The molecule has 0 saturated carbocycles. The highest BCUT2D eigenvalue weighted by molar-refractivity contribution is 5.88. The number of methoxy groups -OCH3 is 1. The molecule has 1 unspecified atom stereocenters. The average molecular weight is 230 g/mol. The summed E-state index contributed by atoms with van der Waals surface area (Å²) in [7, 11) is 1.25. The Morgan fingerprint density at radius 3 is 2.62 bits per heavy atom. The van der Waals surface area contributed by atoms with Gasteiger partial charge in [0, 0.05) is 6.42 Å². The zero-order valence-corrected chi connectivity index (χ0v) is 9.69. The van der Waals surface area contributed by atoms with Gasteiger partial charge in [0.1, 0.15) is 0 Å². The maximum atomic E-state index is 11.1. The zero-order valence-electron chi connectivity index (χ0n) is 9.69. The fraction of sp³-hybridized carbons (Fsp3) is 0.727. The second kappa shape index (κ2) is 5.43. The molecule has 1 fully saturated rings. The Balaban J connectivity index is 2.37. The van der Waals surface area contributed by atoms with Gasteiger partial charge in [-0.1, -0.05) is 6.58 Å². The van der Waals surface area contributed by atoms with Crippen LogP contribution in [0.5, 0.6) is 0 Å². The van der Waals surface area contributed by atoms with Crippen LogP contribution < -0.4 is 0 Å². The quantitative estimate of drug-likeness (QED) is 0.554. The van der Waals surface area contributed by atoms with E-state index < -0.39 is 17.9 Å². The Kier molecular flexibility index (Phi) is 4.46. The molecule has 0 aliphatic carbocycles. The second-order valence-electron chi connectivity index (χ2n) is 3.90. The van der Waals surface area contributed by atoms with E-state index >= 15 is 0 Å². The lowest BCUT2D eigenvalue weighted by atomic mass is 10.0. The maximum Gasteiger partial charge on any atom is 0.335 e. The molecule has 16 heavy (non-hydrogen) atoms. The van der Waals surface area contributed by atoms with Gasteiger partial charge in [0.15, 0.2) is 5.79 Å². The topological polar surface area (TPSA) is 65.0 Å². The lowest BCUT2D eigenvalue weighted by molar-refractivity contribution is -0.151. The van der Waals surface area contributed by atoms with Crippen molar-refractivity contribution < 1.29 is 24.1 Å². The number of carbonyl (C=O) groups is 1. The van der Waals surface area contributed by atoms with Crippen molar-refractivity contribution in [2.24, 2.45) is 0 Å². The smallest absolute Gasteiger partial charge is 0.335 e. The van der Waals surface area contributed by atoms with Crippen molar-refractivity contribution >= 4 is 5.97 Å². The summed E-state index contributed by atoms with van der Waals surface area (Å²) >= 11 is 0. The third-order valence-corrected chi connectivity index (χ3v) is 2.62. The number of hydrogen-bond donors (Lipinski definition) is 1. The molecule has 0 amide bonds. The van der Waals surface area contributed by atoms with E-state index in [1.54, 1.807) is 0 Å². The summed E-state index contributed by atoms with van der Waals surface area (Å²) in [4.78, 5) is 11.1. The third-order valence-electron chi connectivity index (χ3n) is 2.62. The minimum absolute atomic E-state index is 0.0593. The van der Waals surface area contributed by atoms with Crippen molar-refractivity contribution in [1.82, 2.24) is 0 Å². The number of hydrogen-bond acceptors (Lipinski definition) is 5. The molecule has 0 radical (unpaired) electrons. The fourth-order valence-electron chi connectivity index (χ4n) is 1.54. The number of rotatable bonds is 5. The van der Waals surface area contributed by atoms with Gasteiger partial charge in [-0.05, 0) is 13.3 Å². The molecule has 0 spiro atoms. The summed E-state index contributed by atoms with van der Waals surface area (Å²) in [5, 5.41) is 9.68. The normalized spacial score (nSPS) is 20.4. The molecule has 1 atom stereocenters. The molecular weight excluding hydrogens is 212 g/mol. The summed E-state index contributed by atoms with van der Waals surface area (Å²) in [6, 6.07) is 0. The highest BCUT2D eigenvalue weighted by Crippen LogP contribution is 2.25. The van der Waals surface area contributed by atoms with E-state index in [9.17, 15) is 9.90 Å². The van der Waals surface area contributed by atoms with Crippen LogP contribution in [0.15, 0.2) is 12.2 Å². The fourth-order valence-corrected chi connectivity index (χ4v) is 1.54. The van der Waals surface area contributed by atoms with Gasteiger partial charge in [-0.2, -0.15) is 0 Å². The first-order valence-corrected chi connectivity index (χ1v) is 5.21. The Morgan fingerprint density at radius 1 is 1.56 bits per heavy atom. The predicted molar refractivity (Wildman–Crippen MR) is 56.7 cm³/mol. The van der Waals surface area contributed by atoms with Gasteiger partial charge in [0.25, 0.3) is 0 Å². The summed E-state index contributed by atoms with van der Waals surface area (Å²) in [6.45, 7) is 6.42. The van der Waals surface area contributed by atoms with Crippen molar-refractivity contribution in [1.29, 1.82) is 0 Å². The van der Waals surface area contributed by atoms with Crippen LogP contribution >= 0.6 is 0 Å². The molecular formula is C11H18O5. The lowest BCUT2D eigenvalue weighted by Gasteiger charge is -2.23. The Bertz CT molecular complexity index is 268. The predicted octanol–water partition coefficient (Wildman–Crippen LogP) is 0.620. The molecule has 1 aliphatic heterocycles. The molecule has 92 valence electrons. The second-order valence-corrected chi connectivity index (χ2v) is 3.90. The molecule has 0 aromatic heterocycles. The molecule has 0 aromatic rings. The first kappa shape index (κ1) is 13.2. The van der Waals surface area contributed by atoms with E-state index in [0.29, 0.717) is 26.1 Å². The van der Waals surface area contributed by atoms with Crippen LogP contribution in [-0.4, -0.2) is 43.3 Å². The van der Waals surface area contributed by atoms with Crippen molar-refractivity contribution in [2.45, 2.75) is 31.7 Å². The number of aliphatic hydroxyl groups is 1. The molecule has 1 rings (SSSR count). The van der Waals surface area contributed by atoms with E-state index in [-0.39, 0.29) is 5.57 Å². The molecule has 1 N–H and O–H groups in total. The molecule has 5 heteroatoms. The minimum Gasteiger partial charge on any atom is -0.466 e. The highest BCUT2D eigenvalue weighted by Gasteiger charge is 2.32. The van der Waals surface area contributed by atoms with Crippen LogP contribution in [0.25, 0.3) is 0 Å². The van der Waals surface area contributed by atoms with Crippen LogP contribution in [0, 0.1) is 0 Å². The van der Waals surface area contributed by atoms with Crippen LogP contribution in [0.3, 0.4) is 0 Å². The molecule has 1 saturated heterocycles. The number of carbonyl (C=O) groups excluding carboxylic acids is 1. The van der Waals surface area contributed by atoms with Gasteiger partial charge in [0.05, 0.1) is 32.0 Å². The van der Waals surface area contributed by atoms with Gasteiger partial charge in [-0.3, -0.25) is 0 Å². The maximum absolute atomic E-state index is 11.1. The number of aliphatic hydroxyl groups excluding tert-OH is 1. The largest absolute Gasteiger partial charge is 0.466 e. The van der Waals surface area contributed by atoms with Crippen LogP contribution in [0.4, 0.5) is 0 Å². The standard InChI is InChI=1S/C11H18O5/c1-8(10(13)14-3)9(12)4-5-11(2)15-6-7-16-11/h9,12H,1,4-7H2,2-3H3. The van der Waals surface area contributed by atoms with Crippen molar-refractivity contribution in [3.63, 3.8) is 0 Å². The Hall–Kier alpha value is -0.910. The first-order valence-electron chi connectivity index (χ1n) is 5.21. The molecule has 0 bridgehead atoms. The van der Waals surface area contributed by atoms with E-state index in [1.165, 1.54) is 7.11 Å². The van der Waals surface area contributed by atoms with E-state index in [4.69, 9.17) is 9.47 Å². The first-order chi connectivity index (χ1) is 7.48. The summed E-state index contributed by atoms with van der Waals surface area (Å²) in [5.74, 6) is -1.25. The monoisotopic (exact) mass is 230 g/mol. The SMILES string of the molecule is C=C(C(=O)OC)C(O)CCC1(C)OCCO1. The number of esters is 1. The molecule has 1 heterocycles. The van der Waals surface area contributed by atoms with Crippen LogP contribution in [0.1, 0.15) is 19.8 Å². The van der Waals surface area contributed by atoms with Gasteiger partial charge in [-0.25, -0.2) is 4.79 Å². The highest BCUT2D eigenvalue weighted by atomic mass is 16.7. The summed E-state index contributed by atoms with van der Waals surface area (Å²) in [5.41, 5.74) is 0.0593. The average Bonchev–Trinajstić information content (AvgIpc) is 2.71. The third kappa shape index (κ3) is 3.30.